The summed E-state index contributed by atoms with van der Waals surface area (Å²) in [5.41, 5.74) is 1.58. The van der Waals surface area contributed by atoms with Crippen molar-refractivity contribution in [3.05, 3.63) is 81.4 Å². The van der Waals surface area contributed by atoms with Gasteiger partial charge in [-0.15, -0.1) is 0 Å². The zero-order valence-electron chi connectivity index (χ0n) is 14.6. The minimum absolute atomic E-state index is 0.0454. The Morgan fingerprint density at radius 3 is 2.62 bits per heavy atom. The fraction of sp³-hybridized carbons (Fsp3) is 0.250. The highest BCUT2D eigenvalue weighted by molar-refractivity contribution is 6.30. The quantitative estimate of drug-likeness (QED) is 0.640. The molecule has 0 aliphatic carbocycles. The molecule has 134 valence electrons. The average Bonchev–Trinajstić information content (AvgIpc) is 2.61. The van der Waals surface area contributed by atoms with E-state index in [2.05, 4.69) is 4.98 Å². The van der Waals surface area contributed by atoms with Crippen LogP contribution in [0.25, 0.3) is 5.65 Å². The maximum absolute atomic E-state index is 12.6. The maximum atomic E-state index is 12.6. The van der Waals surface area contributed by atoms with E-state index in [1.807, 2.05) is 26.0 Å². The minimum Gasteiger partial charge on any atom is -0.459 e. The number of hydrogen-bond acceptors (Lipinski definition) is 4. The van der Waals surface area contributed by atoms with Crippen molar-refractivity contribution in [2.45, 2.75) is 26.4 Å². The predicted octanol–water partition coefficient (Wildman–Crippen LogP) is 3.83. The zero-order valence-corrected chi connectivity index (χ0v) is 15.3. The van der Waals surface area contributed by atoms with Gasteiger partial charge in [0.05, 0.1) is 11.6 Å². The Balaban J connectivity index is 1.78. The van der Waals surface area contributed by atoms with Crippen LogP contribution < -0.4 is 5.56 Å². The van der Waals surface area contributed by atoms with Crippen LogP contribution in [0.5, 0.6) is 0 Å². The summed E-state index contributed by atoms with van der Waals surface area (Å²) in [5.74, 6) is -0.704. The van der Waals surface area contributed by atoms with E-state index in [1.54, 1.807) is 36.5 Å². The first-order valence-electron chi connectivity index (χ1n) is 8.35. The number of pyridine rings is 1. The third kappa shape index (κ3) is 3.94. The lowest BCUT2D eigenvalue weighted by Crippen LogP contribution is -2.22. The van der Waals surface area contributed by atoms with Gasteiger partial charge in [0, 0.05) is 17.3 Å². The molecule has 5 nitrogen and oxygen atoms in total. The van der Waals surface area contributed by atoms with Crippen LogP contribution in [0.15, 0.2) is 59.5 Å². The number of benzene rings is 1. The second kappa shape index (κ2) is 7.70. The average molecular weight is 371 g/mol. The van der Waals surface area contributed by atoms with E-state index in [1.165, 1.54) is 10.5 Å². The van der Waals surface area contributed by atoms with Gasteiger partial charge in [-0.3, -0.25) is 14.0 Å². The Morgan fingerprint density at radius 1 is 1.19 bits per heavy atom. The number of hydrogen-bond donors (Lipinski definition) is 0. The number of fused-ring (bicyclic) bond motifs is 1. The molecule has 0 aliphatic rings. The molecule has 0 N–H and O–H groups in total. The van der Waals surface area contributed by atoms with Crippen molar-refractivity contribution in [1.82, 2.24) is 9.38 Å². The van der Waals surface area contributed by atoms with Crippen LogP contribution >= 0.6 is 11.6 Å². The molecule has 0 amide bonds. The highest BCUT2D eigenvalue weighted by Crippen LogP contribution is 2.27. The largest absolute Gasteiger partial charge is 0.459 e. The van der Waals surface area contributed by atoms with Gasteiger partial charge in [0.1, 0.15) is 12.3 Å². The van der Waals surface area contributed by atoms with E-state index in [0.717, 1.165) is 5.56 Å². The van der Waals surface area contributed by atoms with Crippen molar-refractivity contribution in [1.29, 1.82) is 0 Å². The van der Waals surface area contributed by atoms with Gasteiger partial charge in [0.15, 0.2) is 0 Å². The van der Waals surface area contributed by atoms with Crippen LogP contribution in [0.4, 0.5) is 0 Å². The number of rotatable bonds is 5. The van der Waals surface area contributed by atoms with Crippen LogP contribution in [-0.4, -0.2) is 15.4 Å². The van der Waals surface area contributed by atoms with Crippen molar-refractivity contribution in [2.24, 2.45) is 5.92 Å². The van der Waals surface area contributed by atoms with E-state index in [4.69, 9.17) is 16.3 Å². The van der Waals surface area contributed by atoms with Crippen molar-refractivity contribution in [3.63, 3.8) is 0 Å². The summed E-state index contributed by atoms with van der Waals surface area (Å²) in [6, 6.07) is 13.8. The molecule has 0 saturated heterocycles. The van der Waals surface area contributed by atoms with Crippen molar-refractivity contribution in [3.8, 4) is 0 Å². The fourth-order valence-corrected chi connectivity index (χ4v) is 3.00. The number of ether oxygens (including phenoxy) is 1. The summed E-state index contributed by atoms with van der Waals surface area (Å²) in [6.45, 7) is 3.87. The van der Waals surface area contributed by atoms with Crippen molar-refractivity contribution >= 4 is 23.2 Å². The molecule has 0 bridgehead atoms. The van der Waals surface area contributed by atoms with Crippen molar-refractivity contribution < 1.29 is 9.53 Å². The highest BCUT2D eigenvalue weighted by atomic mass is 35.5. The first-order valence-corrected chi connectivity index (χ1v) is 8.73. The lowest BCUT2D eigenvalue weighted by atomic mass is 9.88. The first kappa shape index (κ1) is 18.1. The standard InChI is InChI=1S/C20H19ClN2O3/c1-13(2)19(14-6-8-15(21)9-7-14)20(25)26-12-16-11-18(24)23-10-4-3-5-17(23)22-16/h3-11,13,19H,12H2,1-2H3/t19-/m1/s1. The normalized spacial score (nSPS) is 12.3. The monoisotopic (exact) mass is 370 g/mol. The molecular formula is C20H19ClN2O3. The highest BCUT2D eigenvalue weighted by Gasteiger charge is 2.26. The summed E-state index contributed by atoms with van der Waals surface area (Å²) in [5, 5.41) is 0.616. The number of carbonyl (C=O) groups excluding carboxylic acids is 1. The van der Waals surface area contributed by atoms with Crippen LogP contribution in [0.3, 0.4) is 0 Å². The van der Waals surface area contributed by atoms with E-state index in [9.17, 15) is 9.59 Å². The number of carbonyl (C=O) groups is 1. The SMILES string of the molecule is CC(C)[C@@H](C(=O)OCc1cc(=O)n2ccccc2n1)c1ccc(Cl)cc1. The molecule has 3 aromatic rings. The number of halogens is 1. The third-order valence-electron chi connectivity index (χ3n) is 4.14. The lowest BCUT2D eigenvalue weighted by Gasteiger charge is -2.20. The molecule has 0 unspecified atom stereocenters. The number of nitrogens with zero attached hydrogens (tertiary/aromatic N) is 2. The Kier molecular flexibility index (Phi) is 5.38. The minimum atomic E-state index is -0.408. The van der Waals surface area contributed by atoms with Crippen LogP contribution in [0.2, 0.25) is 5.02 Å². The summed E-state index contributed by atoms with van der Waals surface area (Å²) in [4.78, 5) is 29.1. The second-order valence-corrected chi connectivity index (χ2v) is 6.83. The molecule has 6 heteroatoms. The molecule has 2 heterocycles. The first-order chi connectivity index (χ1) is 12.5. The van der Waals surface area contributed by atoms with E-state index >= 15 is 0 Å². The van der Waals surface area contributed by atoms with Gasteiger partial charge in [-0.2, -0.15) is 0 Å². The van der Waals surface area contributed by atoms with Gasteiger partial charge in [-0.25, -0.2) is 4.98 Å². The van der Waals surface area contributed by atoms with Gasteiger partial charge in [-0.1, -0.05) is 43.6 Å². The molecule has 0 spiro atoms. The maximum Gasteiger partial charge on any atom is 0.314 e. The Labute approximate surface area is 156 Å². The molecule has 0 aliphatic heterocycles. The number of aromatic nitrogens is 2. The van der Waals surface area contributed by atoms with Crippen LogP contribution in [0, 0.1) is 5.92 Å². The summed E-state index contributed by atoms with van der Waals surface area (Å²) in [6.07, 6.45) is 1.65. The zero-order chi connectivity index (χ0) is 18.7. The Bertz CT molecular complexity index is 980. The van der Waals surface area contributed by atoms with Gasteiger partial charge in [0.2, 0.25) is 0 Å². The second-order valence-electron chi connectivity index (χ2n) is 6.40. The summed E-state index contributed by atoms with van der Waals surface area (Å²) < 4.78 is 6.90. The van der Waals surface area contributed by atoms with Gasteiger partial charge in [0.25, 0.3) is 5.56 Å². The molecule has 1 atom stereocenters. The Hall–Kier alpha value is -2.66. The molecule has 0 fully saturated rings. The smallest absolute Gasteiger partial charge is 0.314 e. The summed E-state index contributed by atoms with van der Waals surface area (Å²) >= 11 is 5.92. The molecule has 1 aromatic carbocycles. The fourth-order valence-electron chi connectivity index (χ4n) is 2.88. The van der Waals surface area contributed by atoms with Crippen LogP contribution in [0.1, 0.15) is 31.0 Å². The predicted molar refractivity (Wildman–Crippen MR) is 100 cm³/mol. The van der Waals surface area contributed by atoms with Gasteiger partial charge < -0.3 is 4.74 Å². The topological polar surface area (TPSA) is 60.7 Å². The molecular weight excluding hydrogens is 352 g/mol. The Morgan fingerprint density at radius 2 is 1.92 bits per heavy atom. The lowest BCUT2D eigenvalue weighted by molar-refractivity contribution is -0.148. The number of esters is 1. The van der Waals surface area contributed by atoms with Gasteiger partial charge in [-0.05, 0) is 35.7 Å². The van der Waals surface area contributed by atoms with E-state index in [0.29, 0.717) is 16.4 Å². The van der Waals surface area contributed by atoms with Crippen LogP contribution in [-0.2, 0) is 16.1 Å². The van der Waals surface area contributed by atoms with E-state index < -0.39 is 5.92 Å². The molecule has 3 rings (SSSR count). The van der Waals surface area contributed by atoms with Gasteiger partial charge >= 0.3 is 5.97 Å². The summed E-state index contributed by atoms with van der Waals surface area (Å²) in [7, 11) is 0. The molecule has 26 heavy (non-hydrogen) atoms. The third-order valence-corrected chi connectivity index (χ3v) is 4.39. The molecule has 0 saturated carbocycles. The van der Waals surface area contributed by atoms with E-state index in [-0.39, 0.29) is 24.1 Å². The van der Waals surface area contributed by atoms with Crippen molar-refractivity contribution in [2.75, 3.05) is 0 Å². The molecule has 2 aromatic heterocycles. The molecule has 0 radical (unpaired) electrons.